The third-order valence-corrected chi connectivity index (χ3v) is 3.08. The smallest absolute Gasteiger partial charge is 0.269 e. The highest BCUT2D eigenvalue weighted by Crippen LogP contribution is 2.11. The lowest BCUT2D eigenvalue weighted by atomic mass is 10.2. The summed E-state index contributed by atoms with van der Waals surface area (Å²) in [6.07, 6.45) is 1.69. The highest BCUT2D eigenvalue weighted by Gasteiger charge is 2.02. The molecule has 0 spiro atoms. The van der Waals surface area contributed by atoms with E-state index in [0.29, 0.717) is 12.5 Å². The Balaban J connectivity index is 2.08. The van der Waals surface area contributed by atoms with Gasteiger partial charge in [0.05, 0.1) is 25.5 Å². The van der Waals surface area contributed by atoms with Crippen LogP contribution in [-0.4, -0.2) is 23.4 Å². The molecule has 0 radical (unpaired) electrons. The van der Waals surface area contributed by atoms with Gasteiger partial charge in [0.15, 0.2) is 0 Å². The molecule has 0 saturated carbocycles. The largest absolute Gasteiger partial charge is 0.497 e. The monoisotopic (exact) mass is 287 g/mol. The maximum Gasteiger partial charge on any atom is 0.269 e. The molecule has 1 N–H and O–H groups in total. The number of nitrogens with zero attached hydrogens (tertiary/aromatic N) is 2. The minimum absolute atomic E-state index is 0.112. The van der Waals surface area contributed by atoms with Gasteiger partial charge in [0.1, 0.15) is 5.75 Å². The fourth-order valence-corrected chi connectivity index (χ4v) is 1.87. The standard InChI is InChI=1S/C16H21N3O2/c1-12(2)9-17-14-8-16(20)19(18-10-14)11-13-4-6-15(21-3)7-5-13/h4-8,10,12,17H,9,11H2,1-3H3. The van der Waals surface area contributed by atoms with E-state index in [9.17, 15) is 4.79 Å². The number of methoxy groups -OCH3 is 1. The Morgan fingerprint density at radius 2 is 2.00 bits per heavy atom. The zero-order valence-corrected chi connectivity index (χ0v) is 12.7. The van der Waals surface area contributed by atoms with Gasteiger partial charge in [-0.1, -0.05) is 26.0 Å². The molecule has 0 fully saturated rings. The van der Waals surface area contributed by atoms with E-state index in [4.69, 9.17) is 4.74 Å². The lowest BCUT2D eigenvalue weighted by molar-refractivity contribution is 0.414. The van der Waals surface area contributed by atoms with Gasteiger partial charge < -0.3 is 10.1 Å². The van der Waals surface area contributed by atoms with E-state index in [1.165, 1.54) is 4.68 Å². The minimum Gasteiger partial charge on any atom is -0.497 e. The Bertz CT molecular complexity index is 633. The molecule has 21 heavy (non-hydrogen) atoms. The summed E-state index contributed by atoms with van der Waals surface area (Å²) in [6.45, 7) is 5.51. The van der Waals surface area contributed by atoms with E-state index in [0.717, 1.165) is 23.5 Å². The van der Waals surface area contributed by atoms with Crippen molar-refractivity contribution in [2.45, 2.75) is 20.4 Å². The Kier molecular flexibility index (Phi) is 4.98. The molecule has 0 saturated heterocycles. The molecule has 0 bridgehead atoms. The summed E-state index contributed by atoms with van der Waals surface area (Å²) < 4.78 is 6.56. The molecule has 2 aromatic rings. The summed E-state index contributed by atoms with van der Waals surface area (Å²) >= 11 is 0. The van der Waals surface area contributed by atoms with Crippen LogP contribution in [0, 0.1) is 5.92 Å². The third-order valence-electron chi connectivity index (χ3n) is 3.08. The predicted molar refractivity (Wildman–Crippen MR) is 83.9 cm³/mol. The maximum absolute atomic E-state index is 12.0. The number of benzene rings is 1. The second kappa shape index (κ2) is 6.92. The number of rotatable bonds is 6. The summed E-state index contributed by atoms with van der Waals surface area (Å²) in [4.78, 5) is 12.0. The molecule has 5 nitrogen and oxygen atoms in total. The molecular formula is C16H21N3O2. The number of hydrogen-bond acceptors (Lipinski definition) is 4. The van der Waals surface area contributed by atoms with Crippen molar-refractivity contribution in [2.75, 3.05) is 19.0 Å². The topological polar surface area (TPSA) is 56.1 Å². The van der Waals surface area contributed by atoms with Crippen LogP contribution < -0.4 is 15.6 Å². The van der Waals surface area contributed by atoms with Crippen LogP contribution in [0.15, 0.2) is 41.3 Å². The fraction of sp³-hybridized carbons (Fsp3) is 0.375. The molecule has 2 rings (SSSR count). The Morgan fingerprint density at radius 1 is 1.29 bits per heavy atom. The van der Waals surface area contributed by atoms with E-state index in [2.05, 4.69) is 24.3 Å². The van der Waals surface area contributed by atoms with Crippen molar-refractivity contribution in [1.82, 2.24) is 9.78 Å². The van der Waals surface area contributed by atoms with Crippen molar-refractivity contribution in [3.05, 3.63) is 52.4 Å². The first kappa shape index (κ1) is 15.1. The van der Waals surface area contributed by atoms with E-state index in [1.54, 1.807) is 19.4 Å². The molecule has 0 atom stereocenters. The van der Waals surface area contributed by atoms with Gasteiger partial charge in [-0.15, -0.1) is 0 Å². The lowest BCUT2D eigenvalue weighted by Crippen LogP contribution is -2.23. The van der Waals surface area contributed by atoms with Crippen molar-refractivity contribution in [3.8, 4) is 5.75 Å². The number of ether oxygens (including phenoxy) is 1. The van der Waals surface area contributed by atoms with Crippen LogP contribution in [0.3, 0.4) is 0 Å². The third kappa shape index (κ3) is 4.34. The highest BCUT2D eigenvalue weighted by molar-refractivity contribution is 5.38. The van der Waals surface area contributed by atoms with Gasteiger partial charge in [0.25, 0.3) is 5.56 Å². The highest BCUT2D eigenvalue weighted by atomic mass is 16.5. The SMILES string of the molecule is COc1ccc(Cn2ncc(NCC(C)C)cc2=O)cc1. The van der Waals surface area contributed by atoms with Gasteiger partial charge in [0.2, 0.25) is 0 Å². The van der Waals surface area contributed by atoms with Crippen LogP contribution in [-0.2, 0) is 6.54 Å². The summed E-state index contributed by atoms with van der Waals surface area (Å²) in [5, 5.41) is 7.40. The van der Waals surface area contributed by atoms with Gasteiger partial charge in [-0.05, 0) is 23.6 Å². The quantitative estimate of drug-likeness (QED) is 0.886. The Hall–Kier alpha value is -2.30. The maximum atomic E-state index is 12.0. The molecule has 112 valence electrons. The van der Waals surface area contributed by atoms with Crippen LogP contribution in [0.1, 0.15) is 19.4 Å². The summed E-state index contributed by atoms with van der Waals surface area (Å²) in [5.41, 5.74) is 1.66. The fourth-order valence-electron chi connectivity index (χ4n) is 1.87. The van der Waals surface area contributed by atoms with E-state index in [-0.39, 0.29) is 5.56 Å². The molecule has 0 unspecified atom stereocenters. The van der Waals surface area contributed by atoms with Gasteiger partial charge >= 0.3 is 0 Å². The van der Waals surface area contributed by atoms with Crippen LogP contribution in [0.2, 0.25) is 0 Å². The number of anilines is 1. The molecular weight excluding hydrogens is 266 g/mol. The van der Waals surface area contributed by atoms with Gasteiger partial charge in [-0.2, -0.15) is 5.10 Å². The molecule has 0 aliphatic carbocycles. The Labute approximate surface area is 124 Å². The first-order valence-electron chi connectivity index (χ1n) is 7.02. The predicted octanol–water partition coefficient (Wildman–Crippen LogP) is 2.37. The van der Waals surface area contributed by atoms with Crippen molar-refractivity contribution in [3.63, 3.8) is 0 Å². The molecule has 1 heterocycles. The second-order valence-electron chi connectivity index (χ2n) is 5.36. The van der Waals surface area contributed by atoms with Crippen LogP contribution >= 0.6 is 0 Å². The lowest BCUT2D eigenvalue weighted by Gasteiger charge is -2.10. The van der Waals surface area contributed by atoms with E-state index in [1.807, 2.05) is 24.3 Å². The molecule has 1 aromatic heterocycles. The molecule has 0 amide bonds. The van der Waals surface area contributed by atoms with E-state index >= 15 is 0 Å². The molecule has 1 aromatic carbocycles. The minimum atomic E-state index is -0.112. The first-order chi connectivity index (χ1) is 10.1. The molecule has 0 aliphatic rings. The first-order valence-corrected chi connectivity index (χ1v) is 7.02. The number of nitrogens with one attached hydrogen (secondary N) is 1. The number of aromatic nitrogens is 2. The van der Waals surface area contributed by atoms with Gasteiger partial charge in [-0.3, -0.25) is 4.79 Å². The van der Waals surface area contributed by atoms with Crippen molar-refractivity contribution in [1.29, 1.82) is 0 Å². The average molecular weight is 287 g/mol. The van der Waals surface area contributed by atoms with Gasteiger partial charge in [-0.25, -0.2) is 4.68 Å². The van der Waals surface area contributed by atoms with Crippen molar-refractivity contribution >= 4 is 5.69 Å². The second-order valence-corrected chi connectivity index (χ2v) is 5.36. The van der Waals surface area contributed by atoms with Crippen LogP contribution in [0.4, 0.5) is 5.69 Å². The van der Waals surface area contributed by atoms with Crippen LogP contribution in [0.25, 0.3) is 0 Å². The molecule has 0 aliphatic heterocycles. The normalized spacial score (nSPS) is 10.7. The zero-order chi connectivity index (χ0) is 15.2. The Morgan fingerprint density at radius 3 is 2.57 bits per heavy atom. The zero-order valence-electron chi connectivity index (χ0n) is 12.7. The molecule has 5 heteroatoms. The summed E-state index contributed by atoms with van der Waals surface area (Å²) in [6, 6.07) is 9.19. The van der Waals surface area contributed by atoms with Crippen LogP contribution in [0.5, 0.6) is 5.75 Å². The van der Waals surface area contributed by atoms with Gasteiger partial charge in [0, 0.05) is 12.6 Å². The average Bonchev–Trinajstić information content (AvgIpc) is 2.48. The van der Waals surface area contributed by atoms with Crippen molar-refractivity contribution in [2.24, 2.45) is 5.92 Å². The van der Waals surface area contributed by atoms with Crippen molar-refractivity contribution < 1.29 is 4.74 Å². The summed E-state index contributed by atoms with van der Waals surface area (Å²) in [7, 11) is 1.63. The summed E-state index contributed by atoms with van der Waals surface area (Å²) in [5.74, 6) is 1.32. The van der Waals surface area contributed by atoms with E-state index < -0.39 is 0 Å². The number of hydrogen-bond donors (Lipinski definition) is 1.